The van der Waals surface area contributed by atoms with Gasteiger partial charge in [-0.2, -0.15) is 0 Å². The Balaban J connectivity index is 2.38. The van der Waals surface area contributed by atoms with Crippen LogP contribution in [0.4, 0.5) is 0 Å². The Morgan fingerprint density at radius 2 is 1.70 bits per heavy atom. The second-order valence-electron chi connectivity index (χ2n) is 5.44. The van der Waals surface area contributed by atoms with Crippen molar-refractivity contribution >= 4 is 0 Å². The summed E-state index contributed by atoms with van der Waals surface area (Å²) >= 11 is 0. The van der Waals surface area contributed by atoms with Crippen LogP contribution in [0.2, 0.25) is 0 Å². The Morgan fingerprint density at radius 1 is 1.10 bits per heavy atom. The SMILES string of the molecule is COc1cc(CCCNC(C)CN(C)C)cc(OC)c1. The molecule has 0 heterocycles. The highest BCUT2D eigenvalue weighted by atomic mass is 16.5. The van der Waals surface area contributed by atoms with E-state index < -0.39 is 0 Å². The molecule has 1 atom stereocenters. The smallest absolute Gasteiger partial charge is 0.122 e. The molecule has 20 heavy (non-hydrogen) atoms. The van der Waals surface area contributed by atoms with Gasteiger partial charge in [0.1, 0.15) is 11.5 Å². The van der Waals surface area contributed by atoms with Crippen molar-refractivity contribution in [3.8, 4) is 11.5 Å². The molecule has 0 bridgehead atoms. The summed E-state index contributed by atoms with van der Waals surface area (Å²) in [5, 5.41) is 3.54. The fraction of sp³-hybridized carbons (Fsp3) is 0.625. The fourth-order valence-electron chi connectivity index (χ4n) is 2.26. The van der Waals surface area contributed by atoms with Gasteiger partial charge < -0.3 is 19.7 Å². The van der Waals surface area contributed by atoms with Crippen LogP contribution in [0.3, 0.4) is 0 Å². The third kappa shape index (κ3) is 6.26. The summed E-state index contributed by atoms with van der Waals surface area (Å²) in [6.45, 7) is 4.30. The van der Waals surface area contributed by atoms with Crippen molar-refractivity contribution in [2.24, 2.45) is 0 Å². The summed E-state index contributed by atoms with van der Waals surface area (Å²) in [7, 11) is 7.56. The highest BCUT2D eigenvalue weighted by Crippen LogP contribution is 2.23. The Morgan fingerprint density at radius 3 is 2.20 bits per heavy atom. The number of likely N-dealkylation sites (N-methyl/N-ethyl adjacent to an activating group) is 1. The van der Waals surface area contributed by atoms with Crippen molar-refractivity contribution in [2.75, 3.05) is 41.4 Å². The molecule has 0 amide bonds. The minimum Gasteiger partial charge on any atom is -0.497 e. The third-order valence-corrected chi connectivity index (χ3v) is 3.19. The number of ether oxygens (including phenoxy) is 2. The first kappa shape index (κ1) is 16.8. The molecule has 0 spiro atoms. The summed E-state index contributed by atoms with van der Waals surface area (Å²) in [6.07, 6.45) is 2.13. The molecule has 1 unspecified atom stereocenters. The summed E-state index contributed by atoms with van der Waals surface area (Å²) < 4.78 is 10.6. The van der Waals surface area contributed by atoms with Gasteiger partial charge in [-0.3, -0.25) is 0 Å². The Hall–Kier alpha value is -1.26. The second-order valence-corrected chi connectivity index (χ2v) is 5.44. The maximum absolute atomic E-state index is 5.28. The molecule has 0 aromatic heterocycles. The fourth-order valence-corrected chi connectivity index (χ4v) is 2.26. The normalized spacial score (nSPS) is 12.5. The van der Waals surface area contributed by atoms with Crippen molar-refractivity contribution in [2.45, 2.75) is 25.8 Å². The summed E-state index contributed by atoms with van der Waals surface area (Å²) in [4.78, 5) is 2.20. The first-order chi connectivity index (χ1) is 9.55. The largest absolute Gasteiger partial charge is 0.497 e. The van der Waals surface area contributed by atoms with Gasteiger partial charge in [-0.15, -0.1) is 0 Å². The molecule has 0 fully saturated rings. The van der Waals surface area contributed by atoms with Gasteiger partial charge in [0, 0.05) is 18.7 Å². The number of nitrogens with one attached hydrogen (secondary N) is 1. The molecule has 4 heteroatoms. The van der Waals surface area contributed by atoms with Crippen LogP contribution >= 0.6 is 0 Å². The highest BCUT2D eigenvalue weighted by Gasteiger charge is 2.04. The van der Waals surface area contributed by atoms with E-state index in [1.807, 2.05) is 6.07 Å². The number of hydrogen-bond donors (Lipinski definition) is 1. The summed E-state index contributed by atoms with van der Waals surface area (Å²) in [5.74, 6) is 1.71. The van der Waals surface area contributed by atoms with Crippen molar-refractivity contribution in [1.82, 2.24) is 10.2 Å². The van der Waals surface area contributed by atoms with E-state index in [1.165, 1.54) is 5.56 Å². The summed E-state index contributed by atoms with van der Waals surface area (Å²) in [6, 6.07) is 6.57. The van der Waals surface area contributed by atoms with Gasteiger partial charge in [0.25, 0.3) is 0 Å². The molecule has 1 rings (SSSR count). The van der Waals surface area contributed by atoms with Gasteiger partial charge >= 0.3 is 0 Å². The predicted molar refractivity (Wildman–Crippen MR) is 83.9 cm³/mol. The van der Waals surface area contributed by atoms with E-state index in [9.17, 15) is 0 Å². The zero-order valence-electron chi connectivity index (χ0n) is 13.4. The third-order valence-electron chi connectivity index (χ3n) is 3.19. The van der Waals surface area contributed by atoms with E-state index in [0.717, 1.165) is 37.4 Å². The zero-order chi connectivity index (χ0) is 15.0. The van der Waals surface area contributed by atoms with Crippen LogP contribution in [-0.4, -0.2) is 52.3 Å². The van der Waals surface area contributed by atoms with E-state index in [4.69, 9.17) is 9.47 Å². The van der Waals surface area contributed by atoms with E-state index >= 15 is 0 Å². The van der Waals surface area contributed by atoms with Crippen LogP contribution < -0.4 is 14.8 Å². The minimum absolute atomic E-state index is 0.518. The lowest BCUT2D eigenvalue weighted by molar-refractivity contribution is 0.349. The molecular formula is C16H28N2O2. The average molecular weight is 280 g/mol. The number of benzene rings is 1. The Bertz CT molecular complexity index is 372. The van der Waals surface area contributed by atoms with Gasteiger partial charge in [-0.25, -0.2) is 0 Å². The Kier molecular flexibility index (Phi) is 7.41. The first-order valence-corrected chi connectivity index (χ1v) is 7.15. The lowest BCUT2D eigenvalue weighted by Crippen LogP contribution is -2.36. The molecule has 1 N–H and O–H groups in total. The second kappa shape index (κ2) is 8.82. The lowest BCUT2D eigenvalue weighted by Gasteiger charge is -2.18. The van der Waals surface area contributed by atoms with Gasteiger partial charge in [0.15, 0.2) is 0 Å². The molecule has 1 aromatic carbocycles. The number of rotatable bonds is 9. The standard InChI is InChI=1S/C16H28N2O2/c1-13(12-18(2)3)17-8-6-7-14-9-15(19-4)11-16(10-14)20-5/h9-11,13,17H,6-8,12H2,1-5H3. The number of nitrogens with zero attached hydrogens (tertiary/aromatic N) is 1. The van der Waals surface area contributed by atoms with Gasteiger partial charge in [-0.1, -0.05) is 0 Å². The quantitative estimate of drug-likeness (QED) is 0.703. The van der Waals surface area contributed by atoms with Crippen LogP contribution in [0.1, 0.15) is 18.9 Å². The molecule has 0 aliphatic rings. The minimum atomic E-state index is 0.518. The Labute approximate surface area is 123 Å². The molecule has 0 radical (unpaired) electrons. The molecule has 0 saturated heterocycles. The van der Waals surface area contributed by atoms with Crippen LogP contribution in [0.25, 0.3) is 0 Å². The van der Waals surface area contributed by atoms with E-state index in [1.54, 1.807) is 14.2 Å². The molecule has 1 aromatic rings. The topological polar surface area (TPSA) is 33.7 Å². The molecule has 0 saturated carbocycles. The van der Waals surface area contributed by atoms with E-state index in [2.05, 4.69) is 43.4 Å². The maximum Gasteiger partial charge on any atom is 0.122 e. The predicted octanol–water partition coefficient (Wildman–Crippen LogP) is 2.18. The van der Waals surface area contributed by atoms with Crippen molar-refractivity contribution in [1.29, 1.82) is 0 Å². The summed E-state index contributed by atoms with van der Waals surface area (Å²) in [5.41, 5.74) is 1.25. The molecule has 114 valence electrons. The number of hydrogen-bond acceptors (Lipinski definition) is 4. The molecule has 0 aliphatic carbocycles. The maximum atomic E-state index is 5.28. The van der Waals surface area contributed by atoms with Crippen molar-refractivity contribution < 1.29 is 9.47 Å². The van der Waals surface area contributed by atoms with Crippen molar-refractivity contribution in [3.63, 3.8) is 0 Å². The lowest BCUT2D eigenvalue weighted by atomic mass is 10.1. The van der Waals surface area contributed by atoms with Crippen LogP contribution in [0.5, 0.6) is 11.5 Å². The molecule has 4 nitrogen and oxygen atoms in total. The molecular weight excluding hydrogens is 252 g/mol. The average Bonchev–Trinajstić information content (AvgIpc) is 2.42. The van der Waals surface area contributed by atoms with Crippen LogP contribution in [-0.2, 0) is 6.42 Å². The van der Waals surface area contributed by atoms with Crippen LogP contribution in [0.15, 0.2) is 18.2 Å². The number of aryl methyl sites for hydroxylation is 1. The first-order valence-electron chi connectivity index (χ1n) is 7.15. The van der Waals surface area contributed by atoms with E-state index in [-0.39, 0.29) is 0 Å². The molecule has 0 aliphatic heterocycles. The highest BCUT2D eigenvalue weighted by molar-refractivity contribution is 5.38. The zero-order valence-corrected chi connectivity index (χ0v) is 13.4. The van der Waals surface area contributed by atoms with Gasteiger partial charge in [0.2, 0.25) is 0 Å². The van der Waals surface area contributed by atoms with Crippen molar-refractivity contribution in [3.05, 3.63) is 23.8 Å². The monoisotopic (exact) mass is 280 g/mol. The van der Waals surface area contributed by atoms with E-state index in [0.29, 0.717) is 6.04 Å². The van der Waals surface area contributed by atoms with Gasteiger partial charge in [-0.05, 0) is 58.1 Å². The van der Waals surface area contributed by atoms with Gasteiger partial charge in [0.05, 0.1) is 14.2 Å². The van der Waals surface area contributed by atoms with Crippen LogP contribution in [0, 0.1) is 0 Å². The number of methoxy groups -OCH3 is 2.